The minimum Gasteiger partial charge on any atom is -0.508 e. The Hall–Kier alpha value is -3.89. The molecule has 10 nitrogen and oxygen atoms in total. The zero-order chi connectivity index (χ0) is 28.1. The quantitative estimate of drug-likeness (QED) is 0.291. The minimum atomic E-state index is 0.0532. The van der Waals surface area contributed by atoms with Crippen molar-refractivity contribution < 1.29 is 19.7 Å². The molecule has 0 saturated carbocycles. The van der Waals surface area contributed by atoms with E-state index in [0.29, 0.717) is 38.7 Å². The number of aliphatic hydroxyl groups is 1. The van der Waals surface area contributed by atoms with Gasteiger partial charge in [-0.25, -0.2) is 0 Å². The van der Waals surface area contributed by atoms with E-state index in [0.717, 1.165) is 65.9 Å². The molecule has 1 fully saturated rings. The molecule has 1 aromatic heterocycles. The van der Waals surface area contributed by atoms with Crippen molar-refractivity contribution in [1.82, 2.24) is 19.8 Å². The molecule has 0 aliphatic carbocycles. The first-order chi connectivity index (χ1) is 19.5. The Morgan fingerprint density at radius 1 is 1.12 bits per heavy atom. The van der Waals surface area contributed by atoms with Crippen molar-refractivity contribution in [2.75, 3.05) is 69.8 Å². The third-order valence-corrected chi connectivity index (χ3v) is 7.60. The Bertz CT molecular complexity index is 1360. The molecule has 2 aliphatic heterocycles. The van der Waals surface area contributed by atoms with Gasteiger partial charge in [0.1, 0.15) is 24.5 Å². The van der Waals surface area contributed by atoms with E-state index in [1.165, 1.54) is 6.08 Å². The number of likely N-dealkylation sites (N-methyl/N-ethyl adjacent to an activating group) is 1. The van der Waals surface area contributed by atoms with Crippen LogP contribution in [0.15, 0.2) is 48.7 Å². The minimum absolute atomic E-state index is 0.0532. The molecule has 3 aromatic rings. The number of piperazine rings is 1. The first-order valence-electron chi connectivity index (χ1n) is 13.8. The molecule has 0 spiro atoms. The number of hydrogen-bond acceptors (Lipinski definition) is 10. The van der Waals surface area contributed by atoms with Crippen molar-refractivity contribution in [3.63, 3.8) is 0 Å². The normalized spacial score (nSPS) is 17.6. The van der Waals surface area contributed by atoms with Crippen LogP contribution in [-0.2, 0) is 17.8 Å². The average Bonchev–Trinajstić information content (AvgIpc) is 2.95. The van der Waals surface area contributed by atoms with Crippen LogP contribution in [-0.4, -0.2) is 102 Å². The van der Waals surface area contributed by atoms with E-state index in [-0.39, 0.29) is 18.4 Å². The van der Waals surface area contributed by atoms with E-state index >= 15 is 0 Å². The van der Waals surface area contributed by atoms with Crippen LogP contribution in [0.3, 0.4) is 0 Å². The fraction of sp³-hybridized carbons (Fsp3) is 0.433. The van der Waals surface area contributed by atoms with Crippen LogP contribution in [0, 0.1) is 0 Å². The summed E-state index contributed by atoms with van der Waals surface area (Å²) in [6.45, 7) is 4.74. The molecule has 0 radical (unpaired) electrons. The van der Waals surface area contributed by atoms with Crippen molar-refractivity contribution in [3.8, 4) is 11.8 Å². The van der Waals surface area contributed by atoms with Crippen molar-refractivity contribution in [1.29, 1.82) is 0 Å². The maximum atomic E-state index is 10.9. The van der Waals surface area contributed by atoms with Crippen molar-refractivity contribution >= 4 is 28.6 Å². The fourth-order valence-corrected chi connectivity index (χ4v) is 5.59. The van der Waals surface area contributed by atoms with Crippen molar-refractivity contribution in [2.24, 2.45) is 0 Å². The highest BCUT2D eigenvalue weighted by atomic mass is 16.5. The van der Waals surface area contributed by atoms with Gasteiger partial charge in [0.25, 0.3) is 0 Å². The largest absolute Gasteiger partial charge is 0.508 e. The van der Waals surface area contributed by atoms with E-state index in [1.54, 1.807) is 6.07 Å². The molecule has 2 aliphatic rings. The average molecular weight is 547 g/mol. The summed E-state index contributed by atoms with van der Waals surface area (Å²) >= 11 is 0. The van der Waals surface area contributed by atoms with Crippen LogP contribution in [0.5, 0.6) is 11.8 Å². The molecule has 40 heavy (non-hydrogen) atoms. The number of carbonyl (C=O) groups is 1. The van der Waals surface area contributed by atoms with Gasteiger partial charge >= 0.3 is 6.01 Å². The standard InChI is InChI=1S/C30H38N6O4/c1-33(2)14-17-40-30-31-27-21-35(28-19-24(39)18-22-6-3-4-7-25(22)28)11-8-26(27)29(32-30)36-13-12-34(10-5-15-37)23(20-36)9-16-38/h3-7,10,15,18-19,23,38-39H,8-9,11-14,16-17,20-21H2,1-2H3/t23-/m0/s1. The lowest BCUT2D eigenvalue weighted by Gasteiger charge is -2.42. The Labute approximate surface area is 235 Å². The summed E-state index contributed by atoms with van der Waals surface area (Å²) in [5.74, 6) is 1.12. The Kier molecular flexibility index (Phi) is 8.66. The lowest BCUT2D eigenvalue weighted by molar-refractivity contribution is -0.104. The number of allylic oxidation sites excluding steroid dienone is 1. The molecular formula is C30H38N6O4. The summed E-state index contributed by atoms with van der Waals surface area (Å²) in [6.07, 6.45) is 5.44. The van der Waals surface area contributed by atoms with E-state index in [4.69, 9.17) is 14.7 Å². The topological polar surface area (TPSA) is 106 Å². The number of fused-ring (bicyclic) bond motifs is 2. The number of nitrogens with zero attached hydrogens (tertiary/aromatic N) is 6. The van der Waals surface area contributed by atoms with Crippen molar-refractivity contribution in [2.45, 2.75) is 25.4 Å². The molecule has 212 valence electrons. The third-order valence-electron chi connectivity index (χ3n) is 7.60. The highest BCUT2D eigenvalue weighted by Gasteiger charge is 2.31. The molecule has 5 rings (SSSR count). The van der Waals surface area contributed by atoms with Gasteiger partial charge in [-0.1, -0.05) is 24.3 Å². The molecule has 1 atom stereocenters. The summed E-state index contributed by atoms with van der Waals surface area (Å²) in [7, 11) is 4.00. The first kappa shape index (κ1) is 27.7. The highest BCUT2D eigenvalue weighted by molar-refractivity contribution is 5.95. The second-order valence-corrected chi connectivity index (χ2v) is 10.6. The van der Waals surface area contributed by atoms with Gasteiger partial charge in [-0.3, -0.25) is 4.79 Å². The van der Waals surface area contributed by atoms with E-state index in [9.17, 15) is 15.0 Å². The number of ether oxygens (including phenoxy) is 1. The van der Waals surface area contributed by atoms with E-state index < -0.39 is 0 Å². The summed E-state index contributed by atoms with van der Waals surface area (Å²) in [4.78, 5) is 29.4. The number of anilines is 2. The maximum Gasteiger partial charge on any atom is 0.318 e. The molecule has 2 aromatic carbocycles. The first-order valence-corrected chi connectivity index (χ1v) is 13.8. The molecule has 0 unspecified atom stereocenters. The number of hydrogen-bond donors (Lipinski definition) is 2. The highest BCUT2D eigenvalue weighted by Crippen LogP contribution is 2.36. The van der Waals surface area contributed by atoms with Crippen LogP contribution in [0.4, 0.5) is 11.5 Å². The zero-order valence-electron chi connectivity index (χ0n) is 23.2. The van der Waals surface area contributed by atoms with Gasteiger partial charge in [-0.2, -0.15) is 9.97 Å². The van der Waals surface area contributed by atoms with Gasteiger partial charge in [-0.05, 0) is 44.5 Å². The molecule has 1 saturated heterocycles. The number of phenolic OH excluding ortho intramolecular Hbond substituents is 1. The molecule has 0 bridgehead atoms. The molecule has 10 heteroatoms. The molecular weight excluding hydrogens is 508 g/mol. The van der Waals surface area contributed by atoms with Gasteiger partial charge in [0.05, 0.1) is 12.2 Å². The number of aliphatic hydroxyl groups excluding tert-OH is 1. The van der Waals surface area contributed by atoms with Crippen LogP contribution in [0.1, 0.15) is 17.7 Å². The number of aromatic hydroxyl groups is 1. The number of aromatic nitrogens is 2. The SMILES string of the molecule is CN(C)CCOc1nc2c(c(N3CCN(C=CC=O)[C@@H](CCO)C3)n1)CCN(c1cc(O)cc3ccccc13)C2. The zero-order valence-corrected chi connectivity index (χ0v) is 23.2. The lowest BCUT2D eigenvalue weighted by Crippen LogP contribution is -2.52. The van der Waals surface area contributed by atoms with Crippen LogP contribution in [0.25, 0.3) is 10.8 Å². The summed E-state index contributed by atoms with van der Waals surface area (Å²) in [6, 6.07) is 12.1. The predicted molar refractivity (Wildman–Crippen MR) is 156 cm³/mol. The summed E-state index contributed by atoms with van der Waals surface area (Å²) < 4.78 is 6.04. The van der Waals surface area contributed by atoms with Crippen LogP contribution >= 0.6 is 0 Å². The molecule has 3 heterocycles. The van der Waals surface area contributed by atoms with Crippen LogP contribution in [0.2, 0.25) is 0 Å². The third kappa shape index (κ3) is 6.13. The summed E-state index contributed by atoms with van der Waals surface area (Å²) in [5, 5.41) is 22.3. The Morgan fingerprint density at radius 3 is 2.77 bits per heavy atom. The van der Waals surface area contributed by atoms with E-state index in [2.05, 4.69) is 25.7 Å². The smallest absolute Gasteiger partial charge is 0.318 e. The van der Waals surface area contributed by atoms with Gasteiger partial charge in [0.2, 0.25) is 0 Å². The number of aldehydes is 1. The maximum absolute atomic E-state index is 10.9. The summed E-state index contributed by atoms with van der Waals surface area (Å²) in [5.41, 5.74) is 3.01. The molecule has 2 N–H and O–H groups in total. The molecule has 0 amide bonds. The van der Waals surface area contributed by atoms with Gasteiger partial charge in [0.15, 0.2) is 0 Å². The van der Waals surface area contributed by atoms with Crippen molar-refractivity contribution in [3.05, 3.63) is 59.9 Å². The van der Waals surface area contributed by atoms with Gasteiger partial charge < -0.3 is 34.5 Å². The van der Waals surface area contributed by atoms with E-state index in [1.807, 2.05) is 44.6 Å². The van der Waals surface area contributed by atoms with Gasteiger partial charge in [-0.15, -0.1) is 0 Å². The Morgan fingerprint density at radius 2 is 1.98 bits per heavy atom. The lowest BCUT2D eigenvalue weighted by atomic mass is 10.0. The fourth-order valence-electron chi connectivity index (χ4n) is 5.59. The van der Waals surface area contributed by atoms with Gasteiger partial charge in [0, 0.05) is 74.3 Å². The number of phenols is 1. The van der Waals surface area contributed by atoms with Crippen LogP contribution < -0.4 is 14.5 Å². The monoisotopic (exact) mass is 546 g/mol. The second kappa shape index (κ2) is 12.5. The Balaban J connectivity index is 1.48. The number of benzene rings is 2. The predicted octanol–water partition coefficient (Wildman–Crippen LogP) is 2.42. The number of rotatable bonds is 10. The number of carbonyl (C=O) groups excluding carboxylic acids is 1. The second-order valence-electron chi connectivity index (χ2n) is 10.6.